The van der Waals surface area contributed by atoms with Gasteiger partial charge in [0.05, 0.1) is 6.07 Å². The van der Waals surface area contributed by atoms with Crippen molar-refractivity contribution in [2.75, 3.05) is 0 Å². The van der Waals surface area contributed by atoms with Crippen LogP contribution < -0.4 is 4.74 Å². The maximum atomic E-state index is 13.9. The van der Waals surface area contributed by atoms with E-state index < -0.39 is 11.7 Å². The molecule has 0 aliphatic heterocycles. The van der Waals surface area contributed by atoms with Crippen molar-refractivity contribution in [2.45, 2.75) is 26.7 Å². The fourth-order valence-electron chi connectivity index (χ4n) is 2.99. The molecule has 0 N–H and O–H groups in total. The van der Waals surface area contributed by atoms with E-state index in [1.807, 2.05) is 32.0 Å². The number of aryl methyl sites for hydroxylation is 3. The second-order valence-electron chi connectivity index (χ2n) is 6.40. The molecule has 0 aliphatic carbocycles. The number of hydrogen-bond acceptors (Lipinski definition) is 5. The van der Waals surface area contributed by atoms with Gasteiger partial charge in [-0.3, -0.25) is 0 Å². The van der Waals surface area contributed by atoms with E-state index in [9.17, 15) is 8.78 Å². The molecule has 0 saturated carbocycles. The Balaban J connectivity index is 2.14. The number of fused-ring (bicyclic) bond motifs is 1. The third kappa shape index (κ3) is 3.66. The number of aromatic nitrogens is 4. The van der Waals surface area contributed by atoms with E-state index in [1.165, 1.54) is 17.7 Å². The molecule has 0 fully saturated rings. The molecule has 0 bridgehead atoms. The molecule has 0 radical (unpaired) electrons. The Labute approximate surface area is 165 Å². The van der Waals surface area contributed by atoms with Crippen LogP contribution in [0.3, 0.4) is 0 Å². The first-order chi connectivity index (χ1) is 13.1. The predicted molar refractivity (Wildman–Crippen MR) is 102 cm³/mol. The van der Waals surface area contributed by atoms with Crippen molar-refractivity contribution in [2.24, 2.45) is 7.05 Å². The van der Waals surface area contributed by atoms with Crippen LogP contribution >= 0.6 is 11.6 Å². The molecule has 1 aromatic carbocycles. The molecule has 2 aromatic heterocycles. The first-order valence-corrected chi connectivity index (χ1v) is 8.63. The van der Waals surface area contributed by atoms with Crippen molar-refractivity contribution in [3.63, 3.8) is 0 Å². The summed E-state index contributed by atoms with van der Waals surface area (Å²) in [5.41, 5.74) is 2.64. The SMILES string of the molecule is Cc1cc(/C=C/C#N)cc(C)c1Oc1nc(Cl)nc2nc(C(C)(F)F)n(C)c12. The van der Waals surface area contributed by atoms with Gasteiger partial charge in [-0.2, -0.15) is 24.0 Å². The van der Waals surface area contributed by atoms with Gasteiger partial charge in [0.1, 0.15) is 5.75 Å². The van der Waals surface area contributed by atoms with Crippen LogP contribution in [0, 0.1) is 25.2 Å². The van der Waals surface area contributed by atoms with Crippen LogP contribution in [0.1, 0.15) is 29.4 Å². The lowest BCUT2D eigenvalue weighted by atomic mass is 10.1. The molecule has 28 heavy (non-hydrogen) atoms. The molecule has 3 rings (SSSR count). The molecule has 144 valence electrons. The summed E-state index contributed by atoms with van der Waals surface area (Å²) in [6.45, 7) is 4.42. The highest BCUT2D eigenvalue weighted by molar-refractivity contribution is 6.28. The maximum Gasteiger partial charge on any atom is 0.302 e. The van der Waals surface area contributed by atoms with E-state index >= 15 is 0 Å². The van der Waals surface area contributed by atoms with E-state index in [0.717, 1.165) is 23.6 Å². The summed E-state index contributed by atoms with van der Waals surface area (Å²) >= 11 is 5.95. The number of nitrogens with zero attached hydrogens (tertiary/aromatic N) is 5. The standard InChI is InChI=1S/C19H16ClF2N5O/c1-10-8-12(6-5-7-23)9-11(2)14(10)28-16-13-15(25-18(20)26-16)24-17(27(13)4)19(3,21)22/h5-6,8-9H,1-4H3/b6-5+. The summed E-state index contributed by atoms with van der Waals surface area (Å²) in [7, 11) is 1.45. The molecule has 0 amide bonds. The van der Waals surface area contributed by atoms with Crippen molar-refractivity contribution in [3.8, 4) is 17.7 Å². The first-order valence-electron chi connectivity index (χ1n) is 8.25. The minimum Gasteiger partial charge on any atom is -0.436 e. The van der Waals surface area contributed by atoms with Crippen molar-refractivity contribution in [3.05, 3.63) is 46.0 Å². The summed E-state index contributed by atoms with van der Waals surface area (Å²) < 4.78 is 34.9. The molecule has 2 heterocycles. The summed E-state index contributed by atoms with van der Waals surface area (Å²) in [5, 5.41) is 8.52. The highest BCUT2D eigenvalue weighted by atomic mass is 35.5. The third-order valence-corrected chi connectivity index (χ3v) is 4.26. The first kappa shape index (κ1) is 19.7. The van der Waals surface area contributed by atoms with Gasteiger partial charge in [0.2, 0.25) is 11.2 Å². The Morgan fingerprint density at radius 3 is 2.43 bits per heavy atom. The lowest BCUT2D eigenvalue weighted by molar-refractivity contribution is 0.00545. The molecule has 0 spiro atoms. The number of ether oxygens (including phenoxy) is 1. The average molecular weight is 404 g/mol. The quantitative estimate of drug-likeness (QED) is 0.448. The zero-order valence-electron chi connectivity index (χ0n) is 15.6. The zero-order chi connectivity index (χ0) is 20.6. The Morgan fingerprint density at radius 1 is 1.21 bits per heavy atom. The van der Waals surface area contributed by atoms with Crippen molar-refractivity contribution < 1.29 is 13.5 Å². The summed E-state index contributed by atoms with van der Waals surface area (Å²) in [5.74, 6) is -3.09. The molecule has 3 aromatic rings. The van der Waals surface area contributed by atoms with Gasteiger partial charge in [-0.15, -0.1) is 0 Å². The number of imidazole rings is 1. The van der Waals surface area contributed by atoms with Crippen LogP contribution in [0.2, 0.25) is 5.28 Å². The van der Waals surface area contributed by atoms with Crippen molar-refractivity contribution in [1.29, 1.82) is 5.26 Å². The van der Waals surface area contributed by atoms with E-state index in [-0.39, 0.29) is 22.3 Å². The number of hydrogen-bond donors (Lipinski definition) is 0. The monoisotopic (exact) mass is 403 g/mol. The van der Waals surface area contributed by atoms with Crippen LogP contribution in [-0.4, -0.2) is 19.5 Å². The predicted octanol–water partition coefficient (Wildman–Crippen LogP) is 5.07. The summed E-state index contributed by atoms with van der Waals surface area (Å²) in [6, 6.07) is 5.62. The Hall–Kier alpha value is -3.05. The Morgan fingerprint density at radius 2 is 1.86 bits per heavy atom. The van der Waals surface area contributed by atoms with Crippen LogP contribution in [0.25, 0.3) is 17.2 Å². The molecular formula is C19H16ClF2N5O. The summed E-state index contributed by atoms with van der Waals surface area (Å²) in [4.78, 5) is 11.9. The van der Waals surface area contributed by atoms with Gasteiger partial charge in [-0.05, 0) is 60.3 Å². The Kier molecular flexibility index (Phi) is 5.04. The Bertz CT molecular complexity index is 1120. The molecule has 0 aliphatic rings. The summed E-state index contributed by atoms with van der Waals surface area (Å²) in [6.07, 6.45) is 3.06. The second kappa shape index (κ2) is 7.17. The normalized spacial score (nSPS) is 11.9. The zero-order valence-corrected chi connectivity index (χ0v) is 16.3. The molecule has 0 unspecified atom stereocenters. The van der Waals surface area contributed by atoms with Crippen LogP contribution in [0.5, 0.6) is 11.6 Å². The van der Waals surface area contributed by atoms with E-state index in [4.69, 9.17) is 21.6 Å². The number of allylic oxidation sites excluding steroid dienone is 1. The van der Waals surface area contributed by atoms with E-state index in [0.29, 0.717) is 5.75 Å². The van der Waals surface area contributed by atoms with Crippen molar-refractivity contribution in [1.82, 2.24) is 19.5 Å². The van der Waals surface area contributed by atoms with Gasteiger partial charge in [-0.25, -0.2) is 4.98 Å². The lowest BCUT2D eigenvalue weighted by Crippen LogP contribution is -2.14. The fourth-order valence-corrected chi connectivity index (χ4v) is 3.14. The van der Waals surface area contributed by atoms with Crippen LogP contribution in [-0.2, 0) is 13.0 Å². The van der Waals surface area contributed by atoms with Gasteiger partial charge in [0.15, 0.2) is 17.0 Å². The molecular weight excluding hydrogens is 388 g/mol. The minimum atomic E-state index is -3.17. The molecule has 6 nitrogen and oxygen atoms in total. The largest absolute Gasteiger partial charge is 0.436 e. The highest BCUT2D eigenvalue weighted by Gasteiger charge is 2.32. The lowest BCUT2D eigenvalue weighted by Gasteiger charge is -2.14. The van der Waals surface area contributed by atoms with E-state index in [2.05, 4.69) is 15.0 Å². The smallest absolute Gasteiger partial charge is 0.302 e. The molecule has 0 atom stereocenters. The van der Waals surface area contributed by atoms with E-state index in [1.54, 1.807) is 6.08 Å². The fraction of sp³-hybridized carbons (Fsp3) is 0.263. The van der Waals surface area contributed by atoms with Crippen LogP contribution in [0.4, 0.5) is 8.78 Å². The number of rotatable bonds is 4. The third-order valence-electron chi connectivity index (χ3n) is 4.10. The second-order valence-corrected chi connectivity index (χ2v) is 6.74. The molecule has 0 saturated heterocycles. The van der Waals surface area contributed by atoms with Gasteiger partial charge >= 0.3 is 5.92 Å². The average Bonchev–Trinajstić information content (AvgIpc) is 2.93. The van der Waals surface area contributed by atoms with Crippen molar-refractivity contribution >= 4 is 28.8 Å². The van der Waals surface area contributed by atoms with Gasteiger partial charge in [-0.1, -0.05) is 0 Å². The highest BCUT2D eigenvalue weighted by Crippen LogP contribution is 2.36. The molecule has 9 heteroatoms. The maximum absolute atomic E-state index is 13.9. The number of halogens is 3. The van der Waals surface area contributed by atoms with Gasteiger partial charge < -0.3 is 9.30 Å². The van der Waals surface area contributed by atoms with Gasteiger partial charge in [0, 0.05) is 20.0 Å². The topological polar surface area (TPSA) is 76.6 Å². The number of benzene rings is 1. The van der Waals surface area contributed by atoms with Gasteiger partial charge in [0.25, 0.3) is 0 Å². The number of alkyl halides is 2. The number of nitriles is 1. The van der Waals surface area contributed by atoms with Crippen LogP contribution in [0.15, 0.2) is 18.2 Å². The minimum absolute atomic E-state index is 0.0258.